The molecule has 0 aliphatic heterocycles. The Hall–Kier alpha value is -2.14. The predicted octanol–water partition coefficient (Wildman–Crippen LogP) is 2.92. The van der Waals surface area contributed by atoms with Gasteiger partial charge in [0.1, 0.15) is 0 Å². The van der Waals surface area contributed by atoms with E-state index in [2.05, 4.69) is 11.9 Å². The predicted molar refractivity (Wildman–Crippen MR) is 81.8 cm³/mol. The summed E-state index contributed by atoms with van der Waals surface area (Å²) in [4.78, 5) is 22.9. The molecule has 0 atom stereocenters. The van der Waals surface area contributed by atoms with Gasteiger partial charge in [-0.1, -0.05) is 12.1 Å². The topological polar surface area (TPSA) is 75.6 Å². The molecule has 21 heavy (non-hydrogen) atoms. The van der Waals surface area contributed by atoms with Crippen LogP contribution in [-0.4, -0.2) is 30.2 Å². The molecular weight excluding hydrogens is 270 g/mol. The molecule has 0 aliphatic rings. The molecule has 1 rings (SSSR count). The minimum Gasteiger partial charge on any atom is -0.478 e. The molecule has 0 aromatic heterocycles. The van der Waals surface area contributed by atoms with Crippen molar-refractivity contribution in [2.45, 2.75) is 26.7 Å². The molecule has 5 nitrogen and oxygen atoms in total. The third-order valence-corrected chi connectivity index (χ3v) is 3.00. The molecule has 0 unspecified atom stereocenters. The van der Waals surface area contributed by atoms with Crippen molar-refractivity contribution in [2.75, 3.05) is 18.5 Å². The van der Waals surface area contributed by atoms with Gasteiger partial charge in [0.05, 0.1) is 12.2 Å². The third kappa shape index (κ3) is 5.39. The molecule has 0 saturated carbocycles. The van der Waals surface area contributed by atoms with Crippen LogP contribution >= 0.6 is 0 Å². The summed E-state index contributed by atoms with van der Waals surface area (Å²) >= 11 is 0. The molecule has 0 bridgehead atoms. The first-order valence-electron chi connectivity index (χ1n) is 6.78. The zero-order valence-corrected chi connectivity index (χ0v) is 12.4. The van der Waals surface area contributed by atoms with Crippen molar-refractivity contribution in [3.8, 4) is 0 Å². The highest BCUT2D eigenvalue weighted by atomic mass is 16.5. The van der Waals surface area contributed by atoms with Crippen LogP contribution < -0.4 is 5.32 Å². The SMILES string of the molecule is C=CCOCCCC(=O)Nc1cc(C(=O)O)c(C)cc1C. The Morgan fingerprint density at radius 1 is 1.33 bits per heavy atom. The lowest BCUT2D eigenvalue weighted by atomic mass is 10.0. The number of carbonyl (C=O) groups excluding carboxylic acids is 1. The lowest BCUT2D eigenvalue weighted by Gasteiger charge is -2.11. The van der Waals surface area contributed by atoms with E-state index < -0.39 is 5.97 Å². The van der Waals surface area contributed by atoms with Gasteiger partial charge in [0, 0.05) is 18.7 Å². The molecule has 0 radical (unpaired) electrons. The second-order valence-electron chi connectivity index (χ2n) is 4.80. The number of carboxylic acid groups (broad SMARTS) is 1. The third-order valence-electron chi connectivity index (χ3n) is 3.00. The highest BCUT2D eigenvalue weighted by molar-refractivity contribution is 5.95. The highest BCUT2D eigenvalue weighted by Gasteiger charge is 2.12. The van der Waals surface area contributed by atoms with Crippen molar-refractivity contribution in [3.63, 3.8) is 0 Å². The van der Waals surface area contributed by atoms with Gasteiger partial charge in [-0.05, 0) is 37.5 Å². The molecular formula is C16H21NO4. The minimum atomic E-state index is -0.999. The van der Waals surface area contributed by atoms with Crippen molar-refractivity contribution in [1.82, 2.24) is 0 Å². The van der Waals surface area contributed by atoms with Crippen LogP contribution in [0, 0.1) is 13.8 Å². The van der Waals surface area contributed by atoms with Gasteiger partial charge >= 0.3 is 5.97 Å². The van der Waals surface area contributed by atoms with E-state index >= 15 is 0 Å². The number of nitrogens with one attached hydrogen (secondary N) is 1. The molecule has 0 fully saturated rings. The maximum absolute atomic E-state index is 11.8. The van der Waals surface area contributed by atoms with Crippen molar-refractivity contribution in [3.05, 3.63) is 41.5 Å². The summed E-state index contributed by atoms with van der Waals surface area (Å²) in [5.41, 5.74) is 2.25. The molecule has 0 heterocycles. The van der Waals surface area contributed by atoms with Gasteiger partial charge in [0.2, 0.25) is 5.91 Å². The van der Waals surface area contributed by atoms with Crippen LogP contribution in [0.25, 0.3) is 0 Å². The van der Waals surface area contributed by atoms with Crippen molar-refractivity contribution in [1.29, 1.82) is 0 Å². The van der Waals surface area contributed by atoms with Crippen LogP contribution in [0.5, 0.6) is 0 Å². The lowest BCUT2D eigenvalue weighted by molar-refractivity contribution is -0.116. The van der Waals surface area contributed by atoms with E-state index in [9.17, 15) is 9.59 Å². The highest BCUT2D eigenvalue weighted by Crippen LogP contribution is 2.21. The maximum atomic E-state index is 11.8. The van der Waals surface area contributed by atoms with Crippen LogP contribution in [0.3, 0.4) is 0 Å². The summed E-state index contributed by atoms with van der Waals surface area (Å²) in [6.45, 7) is 8.07. The standard InChI is InChI=1S/C16H21NO4/c1-4-7-21-8-5-6-15(18)17-14-10-13(16(19)20)11(2)9-12(14)3/h4,9-10H,1,5-8H2,2-3H3,(H,17,18)(H,19,20). The summed E-state index contributed by atoms with van der Waals surface area (Å²) in [6, 6.07) is 3.26. The zero-order chi connectivity index (χ0) is 15.8. The molecule has 0 saturated heterocycles. The van der Waals surface area contributed by atoms with Gasteiger partial charge in [-0.15, -0.1) is 6.58 Å². The first-order chi connectivity index (χ1) is 9.95. The monoisotopic (exact) mass is 291 g/mol. The van der Waals surface area contributed by atoms with Gasteiger partial charge in [-0.25, -0.2) is 4.79 Å². The van der Waals surface area contributed by atoms with Gasteiger partial charge in [-0.3, -0.25) is 4.79 Å². The molecule has 2 N–H and O–H groups in total. The van der Waals surface area contributed by atoms with Gasteiger partial charge in [-0.2, -0.15) is 0 Å². The number of carboxylic acids is 1. The minimum absolute atomic E-state index is 0.152. The van der Waals surface area contributed by atoms with E-state index in [1.165, 1.54) is 6.07 Å². The van der Waals surface area contributed by atoms with E-state index in [1.54, 1.807) is 19.1 Å². The number of aryl methyl sites for hydroxylation is 2. The number of amides is 1. The normalized spacial score (nSPS) is 10.2. The number of rotatable bonds is 8. The number of aromatic carboxylic acids is 1. The Kier molecular flexibility index (Phi) is 6.62. The molecule has 0 spiro atoms. The molecule has 1 aromatic rings. The van der Waals surface area contributed by atoms with E-state index in [4.69, 9.17) is 9.84 Å². The van der Waals surface area contributed by atoms with Crippen LogP contribution in [0.1, 0.15) is 34.3 Å². The fourth-order valence-corrected chi connectivity index (χ4v) is 1.93. The van der Waals surface area contributed by atoms with E-state index in [0.29, 0.717) is 37.3 Å². The Balaban J connectivity index is 2.61. The Morgan fingerprint density at radius 2 is 2.05 bits per heavy atom. The summed E-state index contributed by atoms with van der Waals surface area (Å²) in [5, 5.41) is 11.8. The van der Waals surface area contributed by atoms with Crippen molar-refractivity contribution in [2.24, 2.45) is 0 Å². The number of hydrogen-bond donors (Lipinski definition) is 2. The smallest absolute Gasteiger partial charge is 0.336 e. The fourth-order valence-electron chi connectivity index (χ4n) is 1.93. The Bertz CT molecular complexity index is 537. The summed E-state index contributed by atoms with van der Waals surface area (Å²) in [6.07, 6.45) is 2.59. The van der Waals surface area contributed by atoms with Crippen molar-refractivity contribution >= 4 is 17.6 Å². The Morgan fingerprint density at radius 3 is 2.67 bits per heavy atom. The second-order valence-corrected chi connectivity index (χ2v) is 4.80. The van der Waals surface area contributed by atoms with E-state index in [-0.39, 0.29) is 11.5 Å². The number of benzene rings is 1. The largest absolute Gasteiger partial charge is 0.478 e. The van der Waals surface area contributed by atoms with Gasteiger partial charge in [0.15, 0.2) is 0 Å². The van der Waals surface area contributed by atoms with E-state index in [0.717, 1.165) is 5.56 Å². The average Bonchev–Trinajstić information content (AvgIpc) is 2.41. The molecule has 5 heteroatoms. The number of ether oxygens (including phenoxy) is 1. The first kappa shape index (κ1) is 16.9. The van der Waals surface area contributed by atoms with Gasteiger partial charge < -0.3 is 15.2 Å². The van der Waals surface area contributed by atoms with Crippen molar-refractivity contribution < 1.29 is 19.4 Å². The molecule has 1 aromatic carbocycles. The number of hydrogen-bond acceptors (Lipinski definition) is 3. The van der Waals surface area contributed by atoms with Crippen LogP contribution in [0.2, 0.25) is 0 Å². The summed E-state index contributed by atoms with van der Waals surface area (Å²) in [5.74, 6) is -1.15. The fraction of sp³-hybridized carbons (Fsp3) is 0.375. The molecule has 114 valence electrons. The quantitative estimate of drug-likeness (QED) is 0.570. The first-order valence-corrected chi connectivity index (χ1v) is 6.78. The lowest BCUT2D eigenvalue weighted by Crippen LogP contribution is -2.14. The number of carbonyl (C=O) groups is 2. The van der Waals surface area contributed by atoms with E-state index in [1.807, 2.05) is 6.92 Å². The molecule has 0 aliphatic carbocycles. The van der Waals surface area contributed by atoms with Gasteiger partial charge in [0.25, 0.3) is 0 Å². The van der Waals surface area contributed by atoms with Crippen LogP contribution in [0.15, 0.2) is 24.8 Å². The average molecular weight is 291 g/mol. The zero-order valence-electron chi connectivity index (χ0n) is 12.4. The summed E-state index contributed by atoms with van der Waals surface area (Å²) in [7, 11) is 0. The maximum Gasteiger partial charge on any atom is 0.336 e. The van der Waals surface area contributed by atoms with Crippen LogP contribution in [-0.2, 0) is 9.53 Å². The Labute approximate surface area is 124 Å². The molecule has 1 amide bonds. The number of anilines is 1. The second kappa shape index (κ2) is 8.21. The van der Waals surface area contributed by atoms with Crippen LogP contribution in [0.4, 0.5) is 5.69 Å². The summed E-state index contributed by atoms with van der Waals surface area (Å²) < 4.78 is 5.20.